The largest absolute Gasteiger partial charge is 0.393 e. The second-order valence-corrected chi connectivity index (χ2v) is 7.27. The Morgan fingerprint density at radius 3 is 2.71 bits per heavy atom. The van der Waals surface area contributed by atoms with E-state index in [1.54, 1.807) is 0 Å². The highest BCUT2D eigenvalue weighted by Gasteiger charge is 2.39. The molecule has 2 unspecified atom stereocenters. The van der Waals surface area contributed by atoms with E-state index >= 15 is 0 Å². The maximum atomic E-state index is 10.0. The van der Waals surface area contributed by atoms with Crippen molar-refractivity contribution in [2.75, 3.05) is 18.1 Å². The molecule has 2 atom stereocenters. The number of aliphatic hydroxyl groups excluding tert-OH is 1. The molecule has 2 aliphatic heterocycles. The predicted molar refractivity (Wildman–Crippen MR) is 73.4 cm³/mol. The van der Waals surface area contributed by atoms with Gasteiger partial charge in [-0.1, -0.05) is 13.8 Å². The van der Waals surface area contributed by atoms with Crippen molar-refractivity contribution in [1.29, 1.82) is 0 Å². The van der Waals surface area contributed by atoms with Crippen LogP contribution in [0, 0.1) is 11.8 Å². The maximum absolute atomic E-state index is 10.0. The summed E-state index contributed by atoms with van der Waals surface area (Å²) >= 11 is 2.05. The van der Waals surface area contributed by atoms with Gasteiger partial charge < -0.3 is 9.84 Å². The van der Waals surface area contributed by atoms with E-state index in [9.17, 15) is 5.11 Å². The average molecular weight is 258 g/mol. The topological polar surface area (TPSA) is 29.5 Å². The van der Waals surface area contributed by atoms with Gasteiger partial charge in [0.2, 0.25) is 0 Å². The molecule has 0 bridgehead atoms. The van der Waals surface area contributed by atoms with Crippen LogP contribution < -0.4 is 0 Å². The highest BCUT2D eigenvalue weighted by Crippen LogP contribution is 2.41. The standard InChI is InChI=1S/C14H26O2S/c1-11(2)13(15)9-12-3-6-16-14(10-12)4-7-17-8-5-14/h11-13,15H,3-10H2,1-2H3. The fraction of sp³-hybridized carbons (Fsp3) is 1.00. The third kappa shape index (κ3) is 3.62. The molecular formula is C14H26O2S. The Balaban J connectivity index is 1.88. The molecule has 0 amide bonds. The molecule has 0 saturated carbocycles. The van der Waals surface area contributed by atoms with Gasteiger partial charge in [-0.15, -0.1) is 0 Å². The molecule has 0 aromatic heterocycles. The minimum absolute atomic E-state index is 0.131. The number of thioether (sulfide) groups is 1. The van der Waals surface area contributed by atoms with Crippen LogP contribution in [0.15, 0.2) is 0 Å². The minimum atomic E-state index is -0.131. The third-order valence-electron chi connectivity index (χ3n) is 4.34. The van der Waals surface area contributed by atoms with E-state index in [1.165, 1.54) is 30.8 Å². The van der Waals surface area contributed by atoms with Gasteiger partial charge in [-0.05, 0) is 55.4 Å². The van der Waals surface area contributed by atoms with E-state index in [1.807, 2.05) is 0 Å². The third-order valence-corrected chi connectivity index (χ3v) is 5.33. The second-order valence-electron chi connectivity index (χ2n) is 6.05. The summed E-state index contributed by atoms with van der Waals surface area (Å²) in [5.74, 6) is 3.55. The lowest BCUT2D eigenvalue weighted by Gasteiger charge is -2.44. The van der Waals surface area contributed by atoms with E-state index in [2.05, 4.69) is 25.6 Å². The first-order chi connectivity index (χ1) is 8.11. The Morgan fingerprint density at radius 1 is 1.35 bits per heavy atom. The normalized spacial score (nSPS) is 30.7. The van der Waals surface area contributed by atoms with Crippen LogP contribution in [-0.2, 0) is 4.74 Å². The minimum Gasteiger partial charge on any atom is -0.393 e. The van der Waals surface area contributed by atoms with Gasteiger partial charge in [0.25, 0.3) is 0 Å². The molecule has 2 saturated heterocycles. The van der Waals surface area contributed by atoms with Crippen LogP contribution in [0.25, 0.3) is 0 Å². The van der Waals surface area contributed by atoms with Crippen LogP contribution in [0.1, 0.15) is 46.0 Å². The van der Waals surface area contributed by atoms with Crippen LogP contribution >= 0.6 is 11.8 Å². The molecule has 2 rings (SSSR count). The van der Waals surface area contributed by atoms with Gasteiger partial charge in [0.15, 0.2) is 0 Å². The summed E-state index contributed by atoms with van der Waals surface area (Å²) in [5, 5.41) is 10.0. The van der Waals surface area contributed by atoms with Gasteiger partial charge in [0.05, 0.1) is 11.7 Å². The Morgan fingerprint density at radius 2 is 2.06 bits per heavy atom. The molecular weight excluding hydrogens is 232 g/mol. The fourth-order valence-corrected chi connectivity index (χ4v) is 4.27. The summed E-state index contributed by atoms with van der Waals surface area (Å²) < 4.78 is 6.08. The average Bonchev–Trinajstić information content (AvgIpc) is 2.30. The number of hydrogen-bond acceptors (Lipinski definition) is 3. The Labute approximate surface area is 110 Å². The first-order valence-corrected chi connectivity index (χ1v) is 8.16. The first kappa shape index (κ1) is 13.7. The van der Waals surface area contributed by atoms with Gasteiger partial charge in [-0.2, -0.15) is 11.8 Å². The number of rotatable bonds is 3. The van der Waals surface area contributed by atoms with Gasteiger partial charge in [-0.25, -0.2) is 0 Å². The lowest BCUT2D eigenvalue weighted by atomic mass is 9.78. The van der Waals surface area contributed by atoms with Crippen molar-refractivity contribution in [3.63, 3.8) is 0 Å². The molecule has 3 heteroatoms. The predicted octanol–water partition coefficient (Wildman–Crippen LogP) is 3.09. The molecule has 0 aliphatic carbocycles. The van der Waals surface area contributed by atoms with E-state index < -0.39 is 0 Å². The monoisotopic (exact) mass is 258 g/mol. The molecule has 0 aromatic carbocycles. The quantitative estimate of drug-likeness (QED) is 0.843. The van der Waals surface area contributed by atoms with Gasteiger partial charge in [0, 0.05) is 6.61 Å². The summed E-state index contributed by atoms with van der Waals surface area (Å²) in [6, 6.07) is 0. The second kappa shape index (κ2) is 5.94. The summed E-state index contributed by atoms with van der Waals surface area (Å²) in [6.45, 7) is 5.12. The van der Waals surface area contributed by atoms with E-state index in [4.69, 9.17) is 4.74 Å². The van der Waals surface area contributed by atoms with Crippen LogP contribution in [0.4, 0.5) is 0 Å². The maximum Gasteiger partial charge on any atom is 0.0701 e. The number of ether oxygens (including phenoxy) is 1. The number of aliphatic hydroxyl groups is 1. The van der Waals surface area contributed by atoms with E-state index in [0.29, 0.717) is 11.8 Å². The molecule has 2 aliphatic rings. The van der Waals surface area contributed by atoms with Gasteiger partial charge in [0.1, 0.15) is 0 Å². The van der Waals surface area contributed by atoms with Gasteiger partial charge >= 0.3 is 0 Å². The highest BCUT2D eigenvalue weighted by molar-refractivity contribution is 7.99. The molecule has 0 aromatic rings. The van der Waals surface area contributed by atoms with Crippen LogP contribution in [-0.4, -0.2) is 34.9 Å². The van der Waals surface area contributed by atoms with Crippen molar-refractivity contribution in [3.8, 4) is 0 Å². The van der Waals surface area contributed by atoms with Crippen molar-refractivity contribution < 1.29 is 9.84 Å². The molecule has 2 heterocycles. The molecule has 0 radical (unpaired) electrons. The molecule has 100 valence electrons. The number of hydrogen-bond donors (Lipinski definition) is 1. The Hall–Kier alpha value is 0.270. The zero-order chi connectivity index (χ0) is 12.3. The molecule has 1 spiro atoms. The molecule has 17 heavy (non-hydrogen) atoms. The van der Waals surface area contributed by atoms with E-state index in [0.717, 1.165) is 19.4 Å². The van der Waals surface area contributed by atoms with Gasteiger partial charge in [-0.3, -0.25) is 0 Å². The summed E-state index contributed by atoms with van der Waals surface area (Å²) in [7, 11) is 0. The lowest BCUT2D eigenvalue weighted by molar-refractivity contribution is -0.108. The zero-order valence-corrected chi connectivity index (χ0v) is 12.0. The van der Waals surface area contributed by atoms with Crippen molar-refractivity contribution in [2.45, 2.75) is 57.7 Å². The van der Waals surface area contributed by atoms with Crippen molar-refractivity contribution in [3.05, 3.63) is 0 Å². The van der Waals surface area contributed by atoms with Crippen LogP contribution in [0.2, 0.25) is 0 Å². The van der Waals surface area contributed by atoms with Crippen LogP contribution in [0.3, 0.4) is 0 Å². The van der Waals surface area contributed by atoms with Crippen molar-refractivity contribution in [2.24, 2.45) is 11.8 Å². The van der Waals surface area contributed by atoms with Crippen molar-refractivity contribution in [1.82, 2.24) is 0 Å². The SMILES string of the molecule is CC(C)C(O)CC1CCOC2(CCSCC2)C1. The summed E-state index contributed by atoms with van der Waals surface area (Å²) in [5.41, 5.74) is 0.171. The first-order valence-electron chi connectivity index (χ1n) is 7.01. The van der Waals surface area contributed by atoms with Crippen LogP contribution in [0.5, 0.6) is 0 Å². The van der Waals surface area contributed by atoms with E-state index in [-0.39, 0.29) is 11.7 Å². The molecule has 1 N–H and O–H groups in total. The molecule has 2 nitrogen and oxygen atoms in total. The summed E-state index contributed by atoms with van der Waals surface area (Å²) in [6.07, 6.45) is 5.58. The zero-order valence-electron chi connectivity index (χ0n) is 11.2. The lowest BCUT2D eigenvalue weighted by Crippen LogP contribution is -2.43. The summed E-state index contributed by atoms with van der Waals surface area (Å²) in [4.78, 5) is 0. The van der Waals surface area contributed by atoms with Crippen molar-refractivity contribution >= 4 is 11.8 Å². The smallest absolute Gasteiger partial charge is 0.0701 e. The fourth-order valence-electron chi connectivity index (χ4n) is 3.04. The Bertz CT molecular complexity index is 231. The Kier molecular flexibility index (Phi) is 4.79. The molecule has 2 fully saturated rings. The highest BCUT2D eigenvalue weighted by atomic mass is 32.2.